The quantitative estimate of drug-likeness (QED) is 0.879. The van der Waals surface area contributed by atoms with Gasteiger partial charge < -0.3 is 10.1 Å². The minimum atomic E-state index is 0.734. The summed E-state index contributed by atoms with van der Waals surface area (Å²) < 4.78 is 7.41. The van der Waals surface area contributed by atoms with Crippen molar-refractivity contribution in [3.05, 3.63) is 46.8 Å². The molecule has 0 aliphatic heterocycles. The second-order valence-electron chi connectivity index (χ2n) is 5.03. The Balaban J connectivity index is 2.19. The van der Waals surface area contributed by atoms with Crippen LogP contribution in [0.4, 0.5) is 0 Å². The van der Waals surface area contributed by atoms with Crippen LogP contribution < -0.4 is 10.1 Å². The molecule has 2 aromatic rings. The third-order valence-electron chi connectivity index (χ3n) is 3.38. The molecule has 20 heavy (non-hydrogen) atoms. The molecule has 0 saturated heterocycles. The van der Waals surface area contributed by atoms with E-state index in [1.54, 1.807) is 7.11 Å². The van der Waals surface area contributed by atoms with Gasteiger partial charge >= 0.3 is 0 Å². The van der Waals surface area contributed by atoms with E-state index in [2.05, 4.69) is 49.5 Å². The number of aryl methyl sites for hydroxylation is 2. The third-order valence-corrected chi connectivity index (χ3v) is 3.38. The van der Waals surface area contributed by atoms with Crippen molar-refractivity contribution in [2.24, 2.45) is 0 Å². The van der Waals surface area contributed by atoms with Gasteiger partial charge in [-0.3, -0.25) is 4.68 Å². The molecule has 0 fully saturated rings. The SMILES string of the molecule is CCNCc1cn(Cc2cc(C)ccc2OC)nc1C. The highest BCUT2D eigenvalue weighted by atomic mass is 16.5. The van der Waals surface area contributed by atoms with Gasteiger partial charge in [0.05, 0.1) is 19.3 Å². The Morgan fingerprint density at radius 1 is 1.25 bits per heavy atom. The molecule has 0 aliphatic rings. The lowest BCUT2D eigenvalue weighted by Crippen LogP contribution is -2.11. The Morgan fingerprint density at radius 2 is 2.05 bits per heavy atom. The number of methoxy groups -OCH3 is 1. The lowest BCUT2D eigenvalue weighted by molar-refractivity contribution is 0.407. The molecular formula is C16H23N3O. The summed E-state index contributed by atoms with van der Waals surface area (Å²) in [5.74, 6) is 0.914. The predicted octanol–water partition coefficient (Wildman–Crippen LogP) is 2.67. The minimum absolute atomic E-state index is 0.734. The summed E-state index contributed by atoms with van der Waals surface area (Å²) in [5, 5.41) is 7.92. The van der Waals surface area contributed by atoms with Gasteiger partial charge in [-0.25, -0.2) is 0 Å². The fourth-order valence-corrected chi connectivity index (χ4v) is 2.28. The van der Waals surface area contributed by atoms with E-state index in [0.29, 0.717) is 0 Å². The minimum Gasteiger partial charge on any atom is -0.496 e. The Labute approximate surface area is 120 Å². The Hall–Kier alpha value is -1.81. The largest absolute Gasteiger partial charge is 0.496 e. The first-order valence-corrected chi connectivity index (χ1v) is 7.01. The number of rotatable bonds is 6. The number of ether oxygens (including phenoxy) is 1. The molecule has 0 amide bonds. The Kier molecular flexibility index (Phi) is 4.79. The Morgan fingerprint density at radius 3 is 2.75 bits per heavy atom. The van der Waals surface area contributed by atoms with Crippen LogP contribution >= 0.6 is 0 Å². The van der Waals surface area contributed by atoms with E-state index in [0.717, 1.165) is 36.6 Å². The standard InChI is InChI=1S/C16H23N3O/c1-5-17-9-15-11-19(18-13(15)3)10-14-8-12(2)6-7-16(14)20-4/h6-8,11,17H,5,9-10H2,1-4H3. The van der Waals surface area contributed by atoms with Gasteiger partial charge in [0.25, 0.3) is 0 Å². The Bertz CT molecular complexity index is 575. The van der Waals surface area contributed by atoms with E-state index < -0.39 is 0 Å². The van der Waals surface area contributed by atoms with E-state index in [1.165, 1.54) is 11.1 Å². The van der Waals surface area contributed by atoms with Crippen LogP contribution in [0.5, 0.6) is 5.75 Å². The van der Waals surface area contributed by atoms with Crippen molar-refractivity contribution in [3.8, 4) is 5.75 Å². The maximum atomic E-state index is 5.42. The monoisotopic (exact) mass is 273 g/mol. The molecule has 0 spiro atoms. The molecule has 1 aromatic carbocycles. The van der Waals surface area contributed by atoms with E-state index in [4.69, 9.17) is 4.74 Å². The summed E-state index contributed by atoms with van der Waals surface area (Å²) in [4.78, 5) is 0. The van der Waals surface area contributed by atoms with Crippen molar-refractivity contribution in [1.82, 2.24) is 15.1 Å². The average molecular weight is 273 g/mol. The number of aromatic nitrogens is 2. The van der Waals surface area contributed by atoms with E-state index >= 15 is 0 Å². The number of hydrogen-bond donors (Lipinski definition) is 1. The van der Waals surface area contributed by atoms with Crippen molar-refractivity contribution in [2.75, 3.05) is 13.7 Å². The number of nitrogens with zero attached hydrogens (tertiary/aromatic N) is 2. The van der Waals surface area contributed by atoms with Crippen LogP contribution in [-0.2, 0) is 13.1 Å². The molecule has 4 nitrogen and oxygen atoms in total. The van der Waals surface area contributed by atoms with Gasteiger partial charge in [-0.2, -0.15) is 5.10 Å². The van der Waals surface area contributed by atoms with Crippen LogP contribution in [0.25, 0.3) is 0 Å². The van der Waals surface area contributed by atoms with Crippen molar-refractivity contribution in [1.29, 1.82) is 0 Å². The van der Waals surface area contributed by atoms with Gasteiger partial charge in [-0.05, 0) is 26.5 Å². The lowest BCUT2D eigenvalue weighted by atomic mass is 10.1. The first-order valence-electron chi connectivity index (χ1n) is 7.01. The summed E-state index contributed by atoms with van der Waals surface area (Å²) in [5.41, 5.74) is 4.72. The fraction of sp³-hybridized carbons (Fsp3) is 0.438. The van der Waals surface area contributed by atoms with Gasteiger partial charge in [-0.1, -0.05) is 24.6 Å². The molecule has 1 heterocycles. The van der Waals surface area contributed by atoms with Gasteiger partial charge in [0.2, 0.25) is 0 Å². The highest BCUT2D eigenvalue weighted by Gasteiger charge is 2.08. The van der Waals surface area contributed by atoms with Gasteiger partial charge in [0.1, 0.15) is 5.75 Å². The summed E-state index contributed by atoms with van der Waals surface area (Å²) in [6, 6.07) is 6.23. The zero-order valence-corrected chi connectivity index (χ0v) is 12.7. The molecule has 0 atom stereocenters. The van der Waals surface area contributed by atoms with Crippen LogP contribution in [0, 0.1) is 13.8 Å². The number of benzene rings is 1. The summed E-state index contributed by atoms with van der Waals surface area (Å²) in [7, 11) is 1.71. The fourth-order valence-electron chi connectivity index (χ4n) is 2.28. The van der Waals surface area contributed by atoms with Crippen molar-refractivity contribution in [3.63, 3.8) is 0 Å². The number of nitrogens with one attached hydrogen (secondary N) is 1. The summed E-state index contributed by atoms with van der Waals surface area (Å²) >= 11 is 0. The zero-order valence-electron chi connectivity index (χ0n) is 12.7. The molecule has 0 aliphatic carbocycles. The topological polar surface area (TPSA) is 39.1 Å². The van der Waals surface area contributed by atoms with Crippen LogP contribution in [0.1, 0.15) is 29.3 Å². The summed E-state index contributed by atoms with van der Waals surface area (Å²) in [6.45, 7) is 8.82. The maximum absolute atomic E-state index is 5.42. The normalized spacial score (nSPS) is 10.8. The zero-order chi connectivity index (χ0) is 14.5. The predicted molar refractivity (Wildman–Crippen MR) is 81.2 cm³/mol. The second-order valence-corrected chi connectivity index (χ2v) is 5.03. The average Bonchev–Trinajstić information content (AvgIpc) is 2.77. The third kappa shape index (κ3) is 3.39. The van der Waals surface area contributed by atoms with Crippen LogP contribution in [-0.4, -0.2) is 23.4 Å². The first-order chi connectivity index (χ1) is 9.63. The molecular weight excluding hydrogens is 250 g/mol. The second kappa shape index (κ2) is 6.57. The molecule has 108 valence electrons. The highest BCUT2D eigenvalue weighted by Crippen LogP contribution is 2.21. The van der Waals surface area contributed by atoms with E-state index in [1.807, 2.05) is 10.7 Å². The van der Waals surface area contributed by atoms with Crippen molar-refractivity contribution >= 4 is 0 Å². The molecule has 1 aromatic heterocycles. The maximum Gasteiger partial charge on any atom is 0.123 e. The molecule has 0 bridgehead atoms. The van der Waals surface area contributed by atoms with Crippen LogP contribution in [0.3, 0.4) is 0 Å². The van der Waals surface area contributed by atoms with E-state index in [9.17, 15) is 0 Å². The van der Waals surface area contributed by atoms with Gasteiger partial charge in [-0.15, -0.1) is 0 Å². The van der Waals surface area contributed by atoms with E-state index in [-0.39, 0.29) is 0 Å². The molecule has 0 saturated carbocycles. The molecule has 2 rings (SSSR count). The van der Waals surface area contributed by atoms with Crippen LogP contribution in [0.2, 0.25) is 0 Å². The molecule has 0 unspecified atom stereocenters. The smallest absolute Gasteiger partial charge is 0.123 e. The molecule has 4 heteroatoms. The van der Waals surface area contributed by atoms with Crippen LogP contribution in [0.15, 0.2) is 24.4 Å². The first kappa shape index (κ1) is 14.6. The molecule has 0 radical (unpaired) electrons. The van der Waals surface area contributed by atoms with Crippen molar-refractivity contribution < 1.29 is 4.74 Å². The van der Waals surface area contributed by atoms with Gasteiger partial charge in [0, 0.05) is 23.9 Å². The lowest BCUT2D eigenvalue weighted by Gasteiger charge is -2.09. The molecule has 1 N–H and O–H groups in total. The van der Waals surface area contributed by atoms with Crippen molar-refractivity contribution in [2.45, 2.75) is 33.9 Å². The highest BCUT2D eigenvalue weighted by molar-refractivity contribution is 5.37. The van der Waals surface area contributed by atoms with Gasteiger partial charge in [0.15, 0.2) is 0 Å². The number of hydrogen-bond acceptors (Lipinski definition) is 3. The summed E-state index contributed by atoms with van der Waals surface area (Å²) in [6.07, 6.45) is 2.11.